The first-order chi connectivity index (χ1) is 8.40. The average Bonchev–Trinajstić information content (AvgIpc) is 2.28. The van der Waals surface area contributed by atoms with Crippen LogP contribution in [0.4, 0.5) is 0 Å². The summed E-state index contributed by atoms with van der Waals surface area (Å²) >= 11 is 5.68. The van der Waals surface area contributed by atoms with Crippen molar-refractivity contribution in [2.75, 3.05) is 6.54 Å². The Morgan fingerprint density at radius 2 is 2.06 bits per heavy atom. The van der Waals surface area contributed by atoms with Gasteiger partial charge in [0.2, 0.25) is 5.91 Å². The Labute approximate surface area is 110 Å². The Kier molecular flexibility index (Phi) is 4.97. The molecule has 0 saturated carbocycles. The molecule has 6 heteroatoms. The smallest absolute Gasteiger partial charge is 0.251 e. The van der Waals surface area contributed by atoms with Gasteiger partial charge in [0.25, 0.3) is 5.91 Å². The maximum atomic E-state index is 11.7. The Bertz CT molecular complexity index is 461. The monoisotopic (exact) mass is 270 g/mol. The lowest BCUT2D eigenvalue weighted by Crippen LogP contribution is -2.39. The van der Waals surface area contributed by atoms with E-state index in [4.69, 9.17) is 11.6 Å². The van der Waals surface area contributed by atoms with E-state index in [0.29, 0.717) is 0 Å². The molecule has 0 aliphatic rings. The molecule has 0 atom stereocenters. The normalized spacial score (nSPS) is 10.2. The van der Waals surface area contributed by atoms with E-state index in [9.17, 15) is 14.7 Å². The maximum Gasteiger partial charge on any atom is 0.251 e. The summed E-state index contributed by atoms with van der Waals surface area (Å²) in [5.74, 6) is -0.773. The van der Waals surface area contributed by atoms with Crippen LogP contribution in [0, 0.1) is 0 Å². The highest BCUT2D eigenvalue weighted by Crippen LogP contribution is 2.23. The Morgan fingerprint density at radius 1 is 1.39 bits per heavy atom. The van der Waals surface area contributed by atoms with Gasteiger partial charge < -0.3 is 15.7 Å². The van der Waals surface area contributed by atoms with Crippen LogP contribution in [-0.2, 0) is 4.79 Å². The number of phenols is 1. The Hall–Kier alpha value is -1.75. The van der Waals surface area contributed by atoms with Crippen LogP contribution in [0.1, 0.15) is 24.2 Å². The molecule has 1 aromatic carbocycles. The fraction of sp³-hybridized carbons (Fsp3) is 0.333. The van der Waals surface area contributed by atoms with Crippen LogP contribution >= 0.6 is 11.6 Å². The number of hydrogen-bond donors (Lipinski definition) is 3. The summed E-state index contributed by atoms with van der Waals surface area (Å²) in [6.45, 7) is 3.56. The molecule has 3 N–H and O–H groups in total. The topological polar surface area (TPSA) is 78.4 Å². The summed E-state index contributed by atoms with van der Waals surface area (Å²) in [5.41, 5.74) is 0.287. The number of nitrogens with one attached hydrogen (secondary N) is 2. The molecule has 0 aromatic heterocycles. The first-order valence-electron chi connectivity index (χ1n) is 5.46. The maximum absolute atomic E-state index is 11.7. The van der Waals surface area contributed by atoms with Crippen LogP contribution in [0.3, 0.4) is 0 Å². The van der Waals surface area contributed by atoms with Crippen molar-refractivity contribution in [3.8, 4) is 5.75 Å². The van der Waals surface area contributed by atoms with E-state index in [-0.39, 0.29) is 34.8 Å². The molecular formula is C12H15ClN2O3. The minimum atomic E-state index is -0.421. The highest BCUT2D eigenvalue weighted by Gasteiger charge is 2.10. The molecule has 1 rings (SSSR count). The number of rotatable bonds is 4. The summed E-state index contributed by atoms with van der Waals surface area (Å²) in [5, 5.41) is 14.4. The molecule has 0 heterocycles. The van der Waals surface area contributed by atoms with Crippen LogP contribution in [0.5, 0.6) is 5.75 Å². The van der Waals surface area contributed by atoms with Crippen molar-refractivity contribution in [1.29, 1.82) is 0 Å². The summed E-state index contributed by atoms with van der Waals surface area (Å²) in [6.07, 6.45) is 0. The molecule has 0 unspecified atom stereocenters. The molecule has 0 bridgehead atoms. The van der Waals surface area contributed by atoms with Crippen molar-refractivity contribution in [2.45, 2.75) is 19.9 Å². The van der Waals surface area contributed by atoms with E-state index >= 15 is 0 Å². The van der Waals surface area contributed by atoms with Gasteiger partial charge in [0.05, 0.1) is 11.6 Å². The van der Waals surface area contributed by atoms with Crippen LogP contribution in [0.25, 0.3) is 0 Å². The number of halogens is 1. The number of hydrogen-bond acceptors (Lipinski definition) is 3. The quantitative estimate of drug-likeness (QED) is 0.772. The number of benzene rings is 1. The summed E-state index contributed by atoms with van der Waals surface area (Å²) in [6, 6.07) is 4.12. The second-order valence-electron chi connectivity index (χ2n) is 4.07. The van der Waals surface area contributed by atoms with E-state index in [2.05, 4.69) is 10.6 Å². The van der Waals surface area contributed by atoms with Crippen molar-refractivity contribution < 1.29 is 14.7 Å². The lowest BCUT2D eigenvalue weighted by molar-refractivity contribution is -0.120. The van der Waals surface area contributed by atoms with Crippen LogP contribution < -0.4 is 10.6 Å². The van der Waals surface area contributed by atoms with Gasteiger partial charge in [0.15, 0.2) is 0 Å². The van der Waals surface area contributed by atoms with Gasteiger partial charge in [-0.25, -0.2) is 0 Å². The number of amides is 2. The van der Waals surface area contributed by atoms with Gasteiger partial charge in [0, 0.05) is 11.6 Å². The molecule has 1 aromatic rings. The molecule has 0 aliphatic heterocycles. The van der Waals surface area contributed by atoms with Gasteiger partial charge in [0.1, 0.15) is 5.75 Å². The molecule has 0 saturated heterocycles. The van der Waals surface area contributed by atoms with Gasteiger partial charge in [-0.2, -0.15) is 0 Å². The zero-order valence-corrected chi connectivity index (χ0v) is 10.9. The zero-order valence-electron chi connectivity index (χ0n) is 10.2. The first-order valence-corrected chi connectivity index (χ1v) is 5.84. The van der Waals surface area contributed by atoms with E-state index < -0.39 is 5.91 Å². The summed E-state index contributed by atoms with van der Waals surface area (Å²) in [4.78, 5) is 23.0. The van der Waals surface area contributed by atoms with Crippen molar-refractivity contribution in [2.24, 2.45) is 0 Å². The van der Waals surface area contributed by atoms with Crippen LogP contribution in [-0.4, -0.2) is 29.5 Å². The third kappa shape index (κ3) is 4.25. The zero-order chi connectivity index (χ0) is 13.7. The first kappa shape index (κ1) is 14.3. The van der Waals surface area contributed by atoms with E-state index in [1.54, 1.807) is 0 Å². The summed E-state index contributed by atoms with van der Waals surface area (Å²) < 4.78 is 0. The molecule has 5 nitrogen and oxygen atoms in total. The van der Waals surface area contributed by atoms with Gasteiger partial charge in [-0.05, 0) is 32.0 Å². The minimum absolute atomic E-state index is 0.0255. The molecule has 18 heavy (non-hydrogen) atoms. The fourth-order valence-corrected chi connectivity index (χ4v) is 1.46. The predicted octanol–water partition coefficient (Wildman–Crippen LogP) is 1.30. The number of carbonyl (C=O) groups is 2. The van der Waals surface area contributed by atoms with Gasteiger partial charge in [-0.3, -0.25) is 9.59 Å². The largest absolute Gasteiger partial charge is 0.506 e. The molecule has 0 spiro atoms. The van der Waals surface area contributed by atoms with Crippen LogP contribution in [0.15, 0.2) is 18.2 Å². The number of aromatic hydroxyl groups is 1. The standard InChI is InChI=1S/C12H15ClN2O3/c1-7(2)15-11(17)6-14-12(18)8-3-4-10(16)9(13)5-8/h3-5,7,16H,6H2,1-2H3,(H,14,18)(H,15,17). The van der Waals surface area contributed by atoms with E-state index in [0.717, 1.165) is 0 Å². The average molecular weight is 271 g/mol. The lowest BCUT2D eigenvalue weighted by atomic mass is 10.2. The Morgan fingerprint density at radius 3 is 2.61 bits per heavy atom. The highest BCUT2D eigenvalue weighted by molar-refractivity contribution is 6.32. The van der Waals surface area contributed by atoms with Crippen molar-refractivity contribution in [3.63, 3.8) is 0 Å². The van der Waals surface area contributed by atoms with Gasteiger partial charge in [-0.1, -0.05) is 11.6 Å². The molecule has 98 valence electrons. The van der Waals surface area contributed by atoms with Crippen molar-refractivity contribution in [3.05, 3.63) is 28.8 Å². The van der Waals surface area contributed by atoms with E-state index in [1.165, 1.54) is 18.2 Å². The molecule has 0 radical (unpaired) electrons. The molecule has 0 aliphatic carbocycles. The van der Waals surface area contributed by atoms with E-state index in [1.807, 2.05) is 13.8 Å². The second kappa shape index (κ2) is 6.26. The second-order valence-corrected chi connectivity index (χ2v) is 4.48. The lowest BCUT2D eigenvalue weighted by Gasteiger charge is -2.09. The molecule has 0 fully saturated rings. The molecule has 2 amide bonds. The minimum Gasteiger partial charge on any atom is -0.506 e. The number of phenolic OH excluding ortho intramolecular Hbond substituents is 1. The fourth-order valence-electron chi connectivity index (χ4n) is 1.28. The van der Waals surface area contributed by atoms with Gasteiger partial charge in [-0.15, -0.1) is 0 Å². The summed E-state index contributed by atoms with van der Waals surface area (Å²) in [7, 11) is 0. The third-order valence-electron chi connectivity index (χ3n) is 2.07. The molecular weight excluding hydrogens is 256 g/mol. The highest BCUT2D eigenvalue weighted by atomic mass is 35.5. The van der Waals surface area contributed by atoms with Crippen LogP contribution in [0.2, 0.25) is 5.02 Å². The third-order valence-corrected chi connectivity index (χ3v) is 2.37. The van der Waals surface area contributed by atoms with Gasteiger partial charge >= 0.3 is 0 Å². The SMILES string of the molecule is CC(C)NC(=O)CNC(=O)c1ccc(O)c(Cl)c1. The Balaban J connectivity index is 2.55. The predicted molar refractivity (Wildman–Crippen MR) is 68.7 cm³/mol. The van der Waals surface area contributed by atoms with Crippen molar-refractivity contribution in [1.82, 2.24) is 10.6 Å². The number of carbonyl (C=O) groups excluding carboxylic acids is 2. The van der Waals surface area contributed by atoms with Crippen molar-refractivity contribution >= 4 is 23.4 Å².